The number of halogens is 3. The lowest BCUT2D eigenvalue weighted by atomic mass is 10.2. The number of piperazine rings is 1. The fourth-order valence-electron chi connectivity index (χ4n) is 2.74. The molecule has 9 heteroatoms. The van der Waals surface area contributed by atoms with Crippen LogP contribution in [0.3, 0.4) is 0 Å². The highest BCUT2D eigenvalue weighted by atomic mass is 35.5. The number of rotatable bonds is 4. The lowest BCUT2D eigenvalue weighted by Crippen LogP contribution is -2.48. The van der Waals surface area contributed by atoms with Crippen LogP contribution in [0.5, 0.6) is 0 Å². The summed E-state index contributed by atoms with van der Waals surface area (Å²) in [6, 6.07) is 8.36. The zero-order chi connectivity index (χ0) is 18.0. The highest BCUT2D eigenvalue weighted by Gasteiger charge is 2.31. The maximum atomic E-state index is 12.8. The molecule has 134 valence electrons. The Labute approximate surface area is 162 Å². The van der Waals surface area contributed by atoms with Crippen molar-refractivity contribution in [2.24, 2.45) is 0 Å². The third-order valence-electron chi connectivity index (χ3n) is 4.04. The van der Waals surface area contributed by atoms with E-state index >= 15 is 0 Å². The van der Waals surface area contributed by atoms with Gasteiger partial charge in [-0.15, -0.1) is 0 Å². The minimum atomic E-state index is -3.71. The van der Waals surface area contributed by atoms with Crippen LogP contribution in [0.15, 0.2) is 41.4 Å². The first-order chi connectivity index (χ1) is 11.9. The summed E-state index contributed by atoms with van der Waals surface area (Å²) in [5, 5.41) is 0.737. The quantitative estimate of drug-likeness (QED) is 0.710. The molecule has 1 aromatic heterocycles. The summed E-state index contributed by atoms with van der Waals surface area (Å²) < 4.78 is 27.1. The van der Waals surface area contributed by atoms with E-state index < -0.39 is 10.0 Å². The number of hydrogen-bond acceptors (Lipinski definition) is 4. The molecule has 0 radical (unpaired) electrons. The van der Waals surface area contributed by atoms with Gasteiger partial charge in [-0.3, -0.25) is 4.90 Å². The minimum absolute atomic E-state index is 0.0197. The molecule has 25 heavy (non-hydrogen) atoms. The Balaban J connectivity index is 1.68. The molecule has 0 spiro atoms. The van der Waals surface area contributed by atoms with Gasteiger partial charge in [-0.05, 0) is 23.8 Å². The average molecular weight is 421 g/mol. The highest BCUT2D eigenvalue weighted by molar-refractivity contribution is 7.89. The summed E-state index contributed by atoms with van der Waals surface area (Å²) in [6.07, 6.45) is 1.73. The van der Waals surface area contributed by atoms with Gasteiger partial charge < -0.3 is 0 Å². The number of hydrogen-bond donors (Lipinski definition) is 0. The van der Waals surface area contributed by atoms with E-state index in [9.17, 15) is 8.42 Å². The zero-order valence-corrected chi connectivity index (χ0v) is 16.3. The summed E-state index contributed by atoms with van der Waals surface area (Å²) in [5.74, 6) is 0. The van der Waals surface area contributed by atoms with E-state index in [2.05, 4.69) is 9.88 Å². The SMILES string of the molecule is O=S(=O)(c1c(Cl)cccc1Cl)N1CCN(Cc2ccc(Cl)nc2)CC1. The Hall–Kier alpha value is -0.890. The van der Waals surface area contributed by atoms with Gasteiger partial charge in [-0.25, -0.2) is 13.4 Å². The van der Waals surface area contributed by atoms with Gasteiger partial charge >= 0.3 is 0 Å². The Morgan fingerprint density at radius 1 is 0.960 bits per heavy atom. The normalized spacial score (nSPS) is 16.9. The molecule has 0 saturated carbocycles. The number of sulfonamides is 1. The van der Waals surface area contributed by atoms with Crippen molar-refractivity contribution in [2.45, 2.75) is 11.4 Å². The lowest BCUT2D eigenvalue weighted by Gasteiger charge is -2.34. The first-order valence-corrected chi connectivity index (χ1v) is 10.2. The molecular weight excluding hydrogens is 405 g/mol. The van der Waals surface area contributed by atoms with Crippen LogP contribution in [0.1, 0.15) is 5.56 Å². The van der Waals surface area contributed by atoms with Gasteiger partial charge in [0.2, 0.25) is 10.0 Å². The van der Waals surface area contributed by atoms with Gasteiger partial charge in [0, 0.05) is 38.9 Å². The van der Waals surface area contributed by atoms with Gasteiger partial charge in [0.05, 0.1) is 10.0 Å². The second-order valence-corrected chi connectivity index (χ2v) is 8.80. The van der Waals surface area contributed by atoms with E-state index in [-0.39, 0.29) is 14.9 Å². The van der Waals surface area contributed by atoms with Crippen molar-refractivity contribution in [3.05, 3.63) is 57.3 Å². The van der Waals surface area contributed by atoms with Crippen LogP contribution in [0.25, 0.3) is 0 Å². The number of nitrogens with zero attached hydrogens (tertiary/aromatic N) is 3. The maximum absolute atomic E-state index is 12.8. The molecule has 0 atom stereocenters. The Morgan fingerprint density at radius 3 is 2.16 bits per heavy atom. The van der Waals surface area contributed by atoms with Crippen molar-refractivity contribution >= 4 is 44.8 Å². The van der Waals surface area contributed by atoms with Crippen LogP contribution in [0, 0.1) is 0 Å². The Kier molecular flexibility index (Phi) is 5.88. The lowest BCUT2D eigenvalue weighted by molar-refractivity contribution is 0.181. The average Bonchev–Trinajstić information content (AvgIpc) is 2.57. The van der Waals surface area contributed by atoms with Crippen molar-refractivity contribution < 1.29 is 8.42 Å². The summed E-state index contributed by atoms with van der Waals surface area (Å²) in [4.78, 5) is 6.21. The third kappa shape index (κ3) is 4.27. The van der Waals surface area contributed by atoms with Crippen LogP contribution < -0.4 is 0 Å². The number of aromatic nitrogens is 1. The summed E-state index contributed by atoms with van der Waals surface area (Å²) in [7, 11) is -3.71. The van der Waals surface area contributed by atoms with Crippen molar-refractivity contribution in [2.75, 3.05) is 26.2 Å². The van der Waals surface area contributed by atoms with Gasteiger partial charge in [0.15, 0.2) is 0 Å². The highest BCUT2D eigenvalue weighted by Crippen LogP contribution is 2.31. The predicted molar refractivity (Wildman–Crippen MR) is 99.7 cm³/mol. The molecule has 1 aliphatic rings. The molecule has 2 heterocycles. The molecule has 5 nitrogen and oxygen atoms in total. The van der Waals surface area contributed by atoms with Crippen molar-refractivity contribution in [1.29, 1.82) is 0 Å². The summed E-state index contributed by atoms with van der Waals surface area (Å²) in [6.45, 7) is 2.69. The van der Waals surface area contributed by atoms with Gasteiger partial charge in [-0.2, -0.15) is 4.31 Å². The van der Waals surface area contributed by atoms with Crippen molar-refractivity contribution in [1.82, 2.24) is 14.2 Å². The fraction of sp³-hybridized carbons (Fsp3) is 0.312. The van der Waals surface area contributed by atoms with E-state index in [1.807, 2.05) is 6.07 Å². The first kappa shape index (κ1) is 18.9. The largest absolute Gasteiger partial charge is 0.296 e. The Morgan fingerprint density at radius 2 is 1.60 bits per heavy atom. The standard InChI is InChI=1S/C16H16Cl3N3O2S/c17-13-2-1-3-14(18)16(13)25(23,24)22-8-6-21(7-9-22)11-12-4-5-15(19)20-10-12/h1-5,10H,6-9,11H2. The smallest absolute Gasteiger partial charge is 0.246 e. The second kappa shape index (κ2) is 7.78. The fourth-order valence-corrected chi connectivity index (χ4v) is 5.37. The number of pyridine rings is 1. The summed E-state index contributed by atoms with van der Waals surface area (Å²) in [5.41, 5.74) is 1.04. The number of benzene rings is 1. The molecule has 2 aromatic rings. The van der Waals surface area contributed by atoms with Gasteiger partial charge in [0.1, 0.15) is 10.0 Å². The van der Waals surface area contributed by atoms with E-state index in [0.29, 0.717) is 37.9 Å². The molecule has 3 rings (SSSR count). The summed E-state index contributed by atoms with van der Waals surface area (Å²) >= 11 is 17.9. The van der Waals surface area contributed by atoms with Gasteiger partial charge in [0.25, 0.3) is 0 Å². The van der Waals surface area contributed by atoms with Crippen molar-refractivity contribution in [3.8, 4) is 0 Å². The first-order valence-electron chi connectivity index (χ1n) is 7.65. The molecule has 0 aliphatic carbocycles. The molecule has 0 N–H and O–H groups in total. The van der Waals surface area contributed by atoms with E-state index in [4.69, 9.17) is 34.8 Å². The molecular formula is C16H16Cl3N3O2S. The molecule has 1 aliphatic heterocycles. The molecule has 0 amide bonds. The van der Waals surface area contributed by atoms with Crippen LogP contribution in [0.4, 0.5) is 0 Å². The second-order valence-electron chi connectivity index (χ2n) is 5.72. The maximum Gasteiger partial charge on any atom is 0.246 e. The molecule has 0 bridgehead atoms. The van der Waals surface area contributed by atoms with Crippen LogP contribution in [-0.4, -0.2) is 48.8 Å². The predicted octanol–water partition coefficient (Wildman–Crippen LogP) is 3.55. The zero-order valence-electron chi connectivity index (χ0n) is 13.2. The van der Waals surface area contributed by atoms with Crippen molar-refractivity contribution in [3.63, 3.8) is 0 Å². The minimum Gasteiger partial charge on any atom is -0.296 e. The topological polar surface area (TPSA) is 53.5 Å². The molecule has 1 saturated heterocycles. The molecule has 1 aromatic carbocycles. The monoisotopic (exact) mass is 419 g/mol. The van der Waals surface area contributed by atoms with E-state index in [0.717, 1.165) is 5.56 Å². The molecule has 1 fully saturated rings. The molecule has 0 unspecified atom stereocenters. The van der Waals surface area contributed by atoms with E-state index in [1.165, 1.54) is 16.4 Å². The van der Waals surface area contributed by atoms with Crippen LogP contribution in [0.2, 0.25) is 15.2 Å². The van der Waals surface area contributed by atoms with Crippen LogP contribution in [-0.2, 0) is 16.6 Å². The third-order valence-corrected chi connectivity index (χ3v) is 7.12. The van der Waals surface area contributed by atoms with E-state index in [1.54, 1.807) is 18.3 Å². The Bertz CT molecular complexity index is 831. The van der Waals surface area contributed by atoms with Crippen LogP contribution >= 0.6 is 34.8 Å². The van der Waals surface area contributed by atoms with Gasteiger partial charge in [-0.1, -0.05) is 46.9 Å².